The van der Waals surface area contributed by atoms with Gasteiger partial charge in [-0.25, -0.2) is 13.6 Å². The lowest BCUT2D eigenvalue weighted by Gasteiger charge is -2.12. The quantitative estimate of drug-likeness (QED) is 0.557. The number of benzene rings is 2. The molecular weight excluding hydrogens is 414 g/mol. The number of anilines is 1. The zero-order valence-corrected chi connectivity index (χ0v) is 15.3. The number of ether oxygens (including phenoxy) is 1. The van der Waals surface area contributed by atoms with Crippen LogP contribution in [0.4, 0.5) is 11.4 Å². The van der Waals surface area contributed by atoms with Crippen molar-refractivity contribution in [3.63, 3.8) is 0 Å². The van der Waals surface area contributed by atoms with Gasteiger partial charge in [0.15, 0.2) is 0 Å². The minimum atomic E-state index is -4.01. The molecule has 2 aromatic rings. The highest BCUT2D eigenvalue weighted by molar-refractivity contribution is 9.10. The van der Waals surface area contributed by atoms with Crippen molar-refractivity contribution in [2.45, 2.75) is 17.9 Å². The van der Waals surface area contributed by atoms with E-state index in [4.69, 9.17) is 9.88 Å². The number of nitrogens with two attached hydrogens (primary N) is 1. The molecule has 0 spiro atoms. The molecule has 25 heavy (non-hydrogen) atoms. The molecule has 0 aromatic heterocycles. The number of sulfonamides is 1. The maximum absolute atomic E-state index is 11.4. The highest BCUT2D eigenvalue weighted by Crippen LogP contribution is 2.34. The van der Waals surface area contributed by atoms with E-state index in [0.29, 0.717) is 6.61 Å². The fourth-order valence-electron chi connectivity index (χ4n) is 2.66. The Labute approximate surface area is 152 Å². The first-order chi connectivity index (χ1) is 11.8. The summed E-state index contributed by atoms with van der Waals surface area (Å²) in [6.45, 7) is 0.888. The van der Waals surface area contributed by atoms with Gasteiger partial charge in [-0.2, -0.15) is 0 Å². The van der Waals surface area contributed by atoms with Crippen molar-refractivity contribution in [3.05, 3.63) is 56.0 Å². The van der Waals surface area contributed by atoms with E-state index in [1.165, 1.54) is 12.1 Å². The maximum atomic E-state index is 11.4. The second-order valence-corrected chi connectivity index (χ2v) is 7.96. The molecule has 0 aliphatic carbocycles. The molecular formula is C15H14BrN3O5S. The van der Waals surface area contributed by atoms with Gasteiger partial charge in [-0.05, 0) is 29.8 Å². The fourth-order valence-corrected chi connectivity index (χ4v) is 3.74. The number of nitrogens with zero attached hydrogens (tertiary/aromatic N) is 1. The van der Waals surface area contributed by atoms with Gasteiger partial charge < -0.3 is 10.1 Å². The number of halogens is 1. The van der Waals surface area contributed by atoms with Crippen molar-refractivity contribution in [2.24, 2.45) is 5.14 Å². The third-order valence-electron chi connectivity index (χ3n) is 3.79. The van der Waals surface area contributed by atoms with Crippen molar-refractivity contribution < 1.29 is 18.1 Å². The molecule has 3 N–H and O–H groups in total. The normalized spacial score (nSPS) is 13.2. The zero-order chi connectivity index (χ0) is 18.2. The molecule has 1 aliphatic heterocycles. The Bertz CT molecular complexity index is 962. The van der Waals surface area contributed by atoms with E-state index in [2.05, 4.69) is 21.2 Å². The molecule has 1 aliphatic rings. The average molecular weight is 428 g/mol. The van der Waals surface area contributed by atoms with Crippen molar-refractivity contribution in [2.75, 3.05) is 11.9 Å². The van der Waals surface area contributed by atoms with Crippen LogP contribution in [0.15, 0.2) is 39.7 Å². The van der Waals surface area contributed by atoms with E-state index in [0.717, 1.165) is 33.8 Å². The topological polar surface area (TPSA) is 125 Å². The number of nitrogens with one attached hydrogen (secondary N) is 1. The highest BCUT2D eigenvalue weighted by atomic mass is 79.9. The van der Waals surface area contributed by atoms with E-state index in [9.17, 15) is 18.5 Å². The van der Waals surface area contributed by atoms with Crippen LogP contribution >= 0.6 is 15.9 Å². The first-order valence-electron chi connectivity index (χ1n) is 7.25. The van der Waals surface area contributed by atoms with E-state index < -0.39 is 14.9 Å². The number of hydrogen-bond donors (Lipinski definition) is 2. The van der Waals surface area contributed by atoms with Crippen LogP contribution in [0.3, 0.4) is 0 Å². The molecule has 0 unspecified atom stereocenters. The summed E-state index contributed by atoms with van der Waals surface area (Å²) in [5.74, 6) is 0.777. The Hall–Kier alpha value is -2.17. The van der Waals surface area contributed by atoms with Crippen LogP contribution in [0.2, 0.25) is 0 Å². The Morgan fingerprint density at radius 1 is 1.32 bits per heavy atom. The summed E-state index contributed by atoms with van der Waals surface area (Å²) >= 11 is 3.44. The lowest BCUT2D eigenvalue weighted by atomic mass is 10.1. The van der Waals surface area contributed by atoms with Gasteiger partial charge in [-0.3, -0.25) is 10.1 Å². The van der Waals surface area contributed by atoms with Crippen molar-refractivity contribution in [3.8, 4) is 5.75 Å². The lowest BCUT2D eigenvalue weighted by Crippen LogP contribution is -2.13. The minimum Gasteiger partial charge on any atom is -0.493 e. The van der Waals surface area contributed by atoms with Crippen LogP contribution in [0.1, 0.15) is 11.1 Å². The Balaban J connectivity index is 1.91. The summed E-state index contributed by atoms with van der Waals surface area (Å²) in [7, 11) is -4.01. The van der Waals surface area contributed by atoms with E-state index in [-0.39, 0.29) is 22.8 Å². The summed E-state index contributed by atoms with van der Waals surface area (Å²) in [5.41, 5.74) is 1.76. The smallest absolute Gasteiger partial charge is 0.293 e. The van der Waals surface area contributed by atoms with E-state index in [1.54, 1.807) is 0 Å². The largest absolute Gasteiger partial charge is 0.493 e. The zero-order valence-electron chi connectivity index (χ0n) is 12.9. The summed E-state index contributed by atoms with van der Waals surface area (Å²) < 4.78 is 29.3. The van der Waals surface area contributed by atoms with Crippen LogP contribution in [-0.2, 0) is 23.0 Å². The van der Waals surface area contributed by atoms with Gasteiger partial charge in [-0.1, -0.05) is 15.9 Å². The van der Waals surface area contributed by atoms with Gasteiger partial charge in [0.05, 0.1) is 16.4 Å². The average Bonchev–Trinajstić information content (AvgIpc) is 2.99. The van der Waals surface area contributed by atoms with Crippen molar-refractivity contribution >= 4 is 37.3 Å². The highest BCUT2D eigenvalue weighted by Gasteiger charge is 2.21. The van der Waals surface area contributed by atoms with E-state index in [1.807, 2.05) is 12.1 Å². The number of primary sulfonamides is 1. The maximum Gasteiger partial charge on any atom is 0.293 e. The van der Waals surface area contributed by atoms with Crippen molar-refractivity contribution in [1.29, 1.82) is 0 Å². The molecule has 8 nitrogen and oxygen atoms in total. The van der Waals surface area contributed by atoms with Crippen molar-refractivity contribution in [1.82, 2.24) is 0 Å². The van der Waals surface area contributed by atoms with Gasteiger partial charge >= 0.3 is 0 Å². The first kappa shape index (κ1) is 17.6. The van der Waals surface area contributed by atoms with Crippen LogP contribution in [0.25, 0.3) is 0 Å². The van der Waals surface area contributed by atoms with Gasteiger partial charge in [0.1, 0.15) is 11.4 Å². The number of hydrogen-bond acceptors (Lipinski definition) is 6. The SMILES string of the molecule is NS(=O)(=O)c1ccc(NCc2cc(Br)cc3c2OCC3)c([N+](=O)[O-])c1. The molecule has 1 heterocycles. The second kappa shape index (κ2) is 6.62. The molecule has 0 radical (unpaired) electrons. The summed E-state index contributed by atoms with van der Waals surface area (Å²) in [5, 5.41) is 19.2. The molecule has 0 atom stereocenters. The third kappa shape index (κ3) is 3.75. The Morgan fingerprint density at radius 3 is 2.76 bits per heavy atom. The second-order valence-electron chi connectivity index (χ2n) is 5.49. The van der Waals surface area contributed by atoms with Gasteiger partial charge in [0.2, 0.25) is 10.0 Å². The number of nitro benzene ring substituents is 1. The molecule has 0 saturated carbocycles. The van der Waals surface area contributed by atoms with Gasteiger partial charge in [0.25, 0.3) is 5.69 Å². The molecule has 10 heteroatoms. The predicted molar refractivity (Wildman–Crippen MR) is 95.1 cm³/mol. The third-order valence-corrected chi connectivity index (χ3v) is 5.16. The lowest BCUT2D eigenvalue weighted by molar-refractivity contribution is -0.384. The fraction of sp³-hybridized carbons (Fsp3) is 0.200. The Morgan fingerprint density at radius 2 is 2.08 bits per heavy atom. The molecule has 3 rings (SSSR count). The van der Waals surface area contributed by atoms with Gasteiger partial charge in [-0.15, -0.1) is 0 Å². The summed E-state index contributed by atoms with van der Waals surface area (Å²) in [4.78, 5) is 10.3. The molecule has 0 bridgehead atoms. The summed E-state index contributed by atoms with van der Waals surface area (Å²) in [6.07, 6.45) is 0.810. The number of fused-ring (bicyclic) bond motifs is 1. The van der Waals surface area contributed by atoms with Gasteiger partial charge in [0, 0.05) is 29.1 Å². The van der Waals surface area contributed by atoms with Crippen LogP contribution in [0, 0.1) is 10.1 Å². The monoisotopic (exact) mass is 427 g/mol. The van der Waals surface area contributed by atoms with Crippen LogP contribution in [-0.4, -0.2) is 19.9 Å². The number of nitro groups is 1. The van der Waals surface area contributed by atoms with E-state index >= 15 is 0 Å². The predicted octanol–water partition coefficient (Wildman–Crippen LogP) is 2.55. The number of rotatable bonds is 5. The molecule has 0 fully saturated rings. The molecule has 0 saturated heterocycles. The molecule has 2 aromatic carbocycles. The summed E-state index contributed by atoms with van der Waals surface area (Å²) in [6, 6.07) is 7.36. The first-order valence-corrected chi connectivity index (χ1v) is 9.59. The minimum absolute atomic E-state index is 0.198. The molecule has 0 amide bonds. The standard InChI is InChI=1S/C15H14BrN3O5S/c16-11-5-9-3-4-24-15(9)10(6-11)8-18-13-2-1-12(25(17,22)23)7-14(13)19(20)21/h1-2,5-7,18H,3-4,8H2,(H2,17,22,23). The Kier molecular flexibility index (Phi) is 4.67. The van der Waals surface area contributed by atoms with Crippen LogP contribution < -0.4 is 15.2 Å². The van der Waals surface area contributed by atoms with Crippen LogP contribution in [0.5, 0.6) is 5.75 Å². The molecule has 132 valence electrons.